The van der Waals surface area contributed by atoms with Crippen molar-refractivity contribution >= 4 is 33.9 Å². The molecular formula is C22H19FO5. The molecular weight excluding hydrogens is 363 g/mol. The van der Waals surface area contributed by atoms with E-state index >= 15 is 0 Å². The van der Waals surface area contributed by atoms with E-state index in [4.69, 9.17) is 13.9 Å². The Bertz CT molecular complexity index is 1090. The van der Waals surface area contributed by atoms with Crippen LogP contribution in [0.1, 0.15) is 17.5 Å². The van der Waals surface area contributed by atoms with Gasteiger partial charge in [-0.1, -0.05) is 25.3 Å². The largest absolute Gasteiger partial charge is 0.463 e. The molecule has 28 heavy (non-hydrogen) atoms. The summed E-state index contributed by atoms with van der Waals surface area (Å²) in [5.74, 6) is -2.14. The fourth-order valence-corrected chi connectivity index (χ4v) is 3.02. The Morgan fingerprint density at radius 2 is 1.75 bits per heavy atom. The van der Waals surface area contributed by atoms with Crippen LogP contribution in [0.5, 0.6) is 5.75 Å². The summed E-state index contributed by atoms with van der Waals surface area (Å²) in [5.41, 5.74) is 2.50. The zero-order valence-corrected chi connectivity index (χ0v) is 15.4. The monoisotopic (exact) mass is 382 g/mol. The Labute approximate surface area is 161 Å². The average molecular weight is 382 g/mol. The molecule has 1 heterocycles. The highest BCUT2D eigenvalue weighted by Crippen LogP contribution is 2.36. The molecule has 0 unspecified atom stereocenters. The molecule has 2 aromatic carbocycles. The summed E-state index contributed by atoms with van der Waals surface area (Å²) in [6.45, 7) is 8.83. The Kier molecular flexibility index (Phi) is 5.59. The van der Waals surface area contributed by atoms with E-state index in [1.165, 1.54) is 6.07 Å². The minimum Gasteiger partial charge on any atom is -0.463 e. The standard InChI is InChI=1S/C22H19FO5/c1-4-18(24)26-12-6-7-14-8-9-15-16-10-11-17(27-19(25)5-2)20(23)22(16)28-21(15)13(14)3/h4-5,8-11H,1-2,6-7,12H2,3H3. The number of aryl methyl sites for hydroxylation is 2. The molecule has 0 aliphatic heterocycles. The van der Waals surface area contributed by atoms with E-state index in [9.17, 15) is 14.0 Å². The first kappa shape index (κ1) is 19.4. The molecule has 1 aromatic heterocycles. The van der Waals surface area contributed by atoms with E-state index < -0.39 is 17.8 Å². The Morgan fingerprint density at radius 3 is 2.46 bits per heavy atom. The van der Waals surface area contributed by atoms with Crippen molar-refractivity contribution in [3.05, 3.63) is 66.5 Å². The van der Waals surface area contributed by atoms with Gasteiger partial charge in [-0.15, -0.1) is 0 Å². The van der Waals surface area contributed by atoms with E-state index in [1.54, 1.807) is 6.07 Å². The number of hydrogen-bond acceptors (Lipinski definition) is 5. The lowest BCUT2D eigenvalue weighted by atomic mass is 10.0. The third kappa shape index (κ3) is 3.67. The molecule has 5 nitrogen and oxygen atoms in total. The quantitative estimate of drug-likeness (QED) is 0.254. The first-order chi connectivity index (χ1) is 13.5. The van der Waals surface area contributed by atoms with Gasteiger partial charge < -0.3 is 13.9 Å². The number of rotatable bonds is 7. The predicted molar refractivity (Wildman–Crippen MR) is 104 cm³/mol. The Morgan fingerprint density at radius 1 is 1.07 bits per heavy atom. The van der Waals surface area contributed by atoms with Gasteiger partial charge in [-0.05, 0) is 43.0 Å². The number of benzene rings is 2. The van der Waals surface area contributed by atoms with Gasteiger partial charge in [0.2, 0.25) is 5.82 Å². The minimum atomic E-state index is -0.745. The van der Waals surface area contributed by atoms with Crippen LogP contribution in [0, 0.1) is 12.7 Å². The van der Waals surface area contributed by atoms with Gasteiger partial charge in [0.25, 0.3) is 0 Å². The molecule has 3 aromatic rings. The average Bonchev–Trinajstić information content (AvgIpc) is 3.08. The van der Waals surface area contributed by atoms with Crippen LogP contribution >= 0.6 is 0 Å². The molecule has 0 spiro atoms. The van der Waals surface area contributed by atoms with Gasteiger partial charge >= 0.3 is 11.9 Å². The third-order valence-corrected chi connectivity index (χ3v) is 4.45. The fourth-order valence-electron chi connectivity index (χ4n) is 3.02. The lowest BCUT2D eigenvalue weighted by Gasteiger charge is -2.06. The van der Waals surface area contributed by atoms with Crippen LogP contribution < -0.4 is 4.74 Å². The number of ether oxygens (including phenoxy) is 2. The van der Waals surface area contributed by atoms with Gasteiger partial charge in [0, 0.05) is 22.9 Å². The van der Waals surface area contributed by atoms with Crippen molar-refractivity contribution in [2.75, 3.05) is 6.61 Å². The molecule has 0 bridgehead atoms. The number of fused-ring (bicyclic) bond motifs is 3. The minimum absolute atomic E-state index is 0.0320. The first-order valence-corrected chi connectivity index (χ1v) is 8.73. The van der Waals surface area contributed by atoms with Crippen LogP contribution in [0.25, 0.3) is 21.9 Å². The van der Waals surface area contributed by atoms with Gasteiger partial charge in [0.15, 0.2) is 11.3 Å². The van der Waals surface area contributed by atoms with Crippen LogP contribution in [0.3, 0.4) is 0 Å². The molecule has 0 fully saturated rings. The van der Waals surface area contributed by atoms with E-state index in [2.05, 4.69) is 13.2 Å². The van der Waals surface area contributed by atoms with Crippen molar-refractivity contribution in [3.8, 4) is 5.75 Å². The van der Waals surface area contributed by atoms with Crippen molar-refractivity contribution in [1.29, 1.82) is 0 Å². The summed E-state index contributed by atoms with van der Waals surface area (Å²) in [4.78, 5) is 22.4. The van der Waals surface area contributed by atoms with Crippen molar-refractivity contribution in [3.63, 3.8) is 0 Å². The van der Waals surface area contributed by atoms with Crippen molar-refractivity contribution in [1.82, 2.24) is 0 Å². The zero-order chi connectivity index (χ0) is 20.3. The molecule has 144 valence electrons. The molecule has 0 aliphatic rings. The van der Waals surface area contributed by atoms with Crippen LogP contribution in [-0.2, 0) is 20.7 Å². The van der Waals surface area contributed by atoms with Gasteiger partial charge in [-0.25, -0.2) is 9.59 Å². The Hall–Kier alpha value is -3.41. The molecule has 0 saturated carbocycles. The number of furan rings is 1. The Balaban J connectivity index is 1.91. The van der Waals surface area contributed by atoms with Gasteiger partial charge in [0.1, 0.15) is 5.58 Å². The number of carbonyl (C=O) groups is 2. The lowest BCUT2D eigenvalue weighted by Crippen LogP contribution is -2.04. The zero-order valence-electron chi connectivity index (χ0n) is 15.4. The van der Waals surface area contributed by atoms with E-state index in [0.717, 1.165) is 28.7 Å². The van der Waals surface area contributed by atoms with Crippen LogP contribution in [0.15, 0.2) is 54.0 Å². The van der Waals surface area contributed by atoms with Gasteiger partial charge in [-0.3, -0.25) is 0 Å². The van der Waals surface area contributed by atoms with Crippen LogP contribution in [0.4, 0.5) is 4.39 Å². The summed E-state index contributed by atoms with van der Waals surface area (Å²) in [6, 6.07) is 6.87. The summed E-state index contributed by atoms with van der Waals surface area (Å²) in [7, 11) is 0. The summed E-state index contributed by atoms with van der Waals surface area (Å²) >= 11 is 0. The molecule has 0 atom stereocenters. The molecule has 0 N–H and O–H groups in total. The summed E-state index contributed by atoms with van der Waals surface area (Å²) in [5, 5.41) is 1.37. The lowest BCUT2D eigenvalue weighted by molar-refractivity contribution is -0.137. The fraction of sp³-hybridized carbons (Fsp3) is 0.182. The molecule has 0 saturated heterocycles. The summed E-state index contributed by atoms with van der Waals surface area (Å²) < 4.78 is 30.4. The topological polar surface area (TPSA) is 65.7 Å². The van der Waals surface area contributed by atoms with E-state index in [1.807, 2.05) is 19.1 Å². The second-order valence-corrected chi connectivity index (χ2v) is 6.18. The second-order valence-electron chi connectivity index (χ2n) is 6.18. The smallest absolute Gasteiger partial charge is 0.335 e. The number of carbonyl (C=O) groups excluding carboxylic acids is 2. The van der Waals surface area contributed by atoms with Gasteiger partial charge in [0.05, 0.1) is 6.61 Å². The maximum atomic E-state index is 14.7. The SMILES string of the molecule is C=CC(=O)OCCCc1ccc2c(oc3c(F)c(OC(=O)C=C)ccc32)c1C. The molecule has 0 amide bonds. The maximum Gasteiger partial charge on any atom is 0.335 e. The second kappa shape index (κ2) is 8.08. The van der Waals surface area contributed by atoms with Crippen molar-refractivity contribution in [2.24, 2.45) is 0 Å². The highest BCUT2D eigenvalue weighted by Gasteiger charge is 2.18. The maximum absolute atomic E-state index is 14.7. The van der Waals surface area contributed by atoms with E-state index in [-0.39, 0.29) is 17.9 Å². The van der Waals surface area contributed by atoms with Crippen LogP contribution in [-0.4, -0.2) is 18.5 Å². The molecule has 0 radical (unpaired) electrons. The molecule has 0 aliphatic carbocycles. The normalized spacial score (nSPS) is 10.8. The first-order valence-electron chi connectivity index (χ1n) is 8.73. The number of esters is 2. The number of halogens is 1. The van der Waals surface area contributed by atoms with Crippen molar-refractivity contribution < 1.29 is 27.9 Å². The summed E-state index contributed by atoms with van der Waals surface area (Å²) in [6.07, 6.45) is 3.40. The predicted octanol–water partition coefficient (Wildman–Crippen LogP) is 4.79. The molecule has 6 heteroatoms. The third-order valence-electron chi connectivity index (χ3n) is 4.45. The van der Waals surface area contributed by atoms with E-state index in [0.29, 0.717) is 23.8 Å². The highest BCUT2D eigenvalue weighted by atomic mass is 19.1. The van der Waals surface area contributed by atoms with Gasteiger partial charge in [-0.2, -0.15) is 4.39 Å². The van der Waals surface area contributed by atoms with Crippen molar-refractivity contribution in [2.45, 2.75) is 19.8 Å². The molecule has 3 rings (SSSR count). The van der Waals surface area contributed by atoms with Crippen LogP contribution in [0.2, 0.25) is 0 Å². The number of hydrogen-bond donors (Lipinski definition) is 0. The highest BCUT2D eigenvalue weighted by molar-refractivity contribution is 6.06.